The minimum Gasteiger partial charge on any atom is -0.311 e. The quantitative estimate of drug-likeness (QED) is 0.102. The van der Waals surface area contributed by atoms with Gasteiger partial charge < -0.3 is 4.57 Å². The van der Waals surface area contributed by atoms with E-state index >= 15 is 0 Å². The highest BCUT2D eigenvalue weighted by Crippen LogP contribution is 2.40. The van der Waals surface area contributed by atoms with Gasteiger partial charge in [0.2, 0.25) is 0 Å². The third kappa shape index (κ3) is 5.00. The van der Waals surface area contributed by atoms with Gasteiger partial charge in [0.15, 0.2) is 5.69 Å². The third-order valence-corrected chi connectivity index (χ3v) is 11.1. The monoisotopic (exact) mass is 697 g/mol. The van der Waals surface area contributed by atoms with Crippen molar-refractivity contribution in [3.05, 3.63) is 199 Å². The van der Waals surface area contributed by atoms with Crippen molar-refractivity contribution in [2.45, 2.75) is 0 Å². The van der Waals surface area contributed by atoms with E-state index in [1.165, 1.54) is 48.8 Å². The van der Waals surface area contributed by atoms with E-state index in [4.69, 9.17) is 11.6 Å². The van der Waals surface area contributed by atoms with E-state index in [0.717, 1.165) is 55.4 Å². The van der Waals surface area contributed by atoms with Crippen LogP contribution < -0.4 is 0 Å². The minimum atomic E-state index is 0.639. The Balaban J connectivity index is 1.02. The normalized spacial score (nSPS) is 11.6. The van der Waals surface area contributed by atoms with E-state index in [2.05, 4.69) is 179 Å². The fourth-order valence-electron chi connectivity index (χ4n) is 8.48. The summed E-state index contributed by atoms with van der Waals surface area (Å²) in [4.78, 5) is 9.02. The predicted octanol–water partition coefficient (Wildman–Crippen LogP) is 14.3. The maximum atomic E-state index is 7.63. The first-order valence-electron chi connectivity index (χ1n) is 18.6. The van der Waals surface area contributed by atoms with Gasteiger partial charge in [0.25, 0.3) is 0 Å². The van der Waals surface area contributed by atoms with Gasteiger partial charge in [0, 0.05) is 38.3 Å². The number of para-hydroxylation sites is 1. The second kappa shape index (κ2) is 12.3. The molecule has 0 bridgehead atoms. The first kappa shape index (κ1) is 31.0. The molecule has 11 rings (SSSR count). The third-order valence-electron chi connectivity index (χ3n) is 11.1. The van der Waals surface area contributed by atoms with Crippen molar-refractivity contribution in [1.29, 1.82) is 0 Å². The number of hydrogen-bond acceptors (Lipinski definition) is 1. The van der Waals surface area contributed by atoms with E-state index < -0.39 is 0 Å². The second-order valence-corrected chi connectivity index (χ2v) is 14.3. The molecule has 0 spiro atoms. The van der Waals surface area contributed by atoms with Crippen LogP contribution in [0.15, 0.2) is 188 Å². The van der Waals surface area contributed by atoms with E-state index in [1.54, 1.807) is 0 Å². The first-order chi connectivity index (χ1) is 27.2. The van der Waals surface area contributed by atoms with Crippen LogP contribution in [0.4, 0.5) is 5.69 Å². The van der Waals surface area contributed by atoms with Crippen LogP contribution in [0.5, 0.6) is 0 Å². The Morgan fingerprint density at radius 1 is 0.400 bits per heavy atom. The molecule has 0 atom stereocenters. The highest BCUT2D eigenvalue weighted by Gasteiger charge is 2.16. The van der Waals surface area contributed by atoms with E-state index in [9.17, 15) is 0 Å². The largest absolute Gasteiger partial charge is 0.311 e. The average Bonchev–Trinajstić information content (AvgIpc) is 3.58. The molecule has 11 aromatic rings. The first-order valence-corrected chi connectivity index (χ1v) is 18.6. The molecule has 0 amide bonds. The molecule has 0 aliphatic heterocycles. The number of hydrogen-bond donors (Lipinski definition) is 0. The van der Waals surface area contributed by atoms with Crippen molar-refractivity contribution in [2.75, 3.05) is 0 Å². The van der Waals surface area contributed by atoms with Gasteiger partial charge >= 0.3 is 0 Å². The Hall–Kier alpha value is -7.54. The molecular weight excluding hydrogens is 667 g/mol. The van der Waals surface area contributed by atoms with Crippen LogP contribution in [0.3, 0.4) is 0 Å². The Kier molecular flexibility index (Phi) is 6.92. The SMILES string of the molecule is [C-]#[N+]c1ccc2c3cc(-c4ccc(-c5ccc6cc7c(cc6c5)c(-c5ccccc5)nc5ccc6ccccc6c57)cc4)ccc3n(-c3ccccc3)c2c1. The van der Waals surface area contributed by atoms with E-state index in [1.807, 2.05) is 18.2 Å². The molecule has 3 nitrogen and oxygen atoms in total. The number of nitrogens with zero attached hydrogens (tertiary/aromatic N) is 3. The number of benzene rings is 9. The fourth-order valence-corrected chi connectivity index (χ4v) is 8.48. The lowest BCUT2D eigenvalue weighted by Crippen LogP contribution is -1.92. The molecule has 0 saturated heterocycles. The highest BCUT2D eigenvalue weighted by molar-refractivity contribution is 6.23. The molecular formula is C52H31N3. The maximum Gasteiger partial charge on any atom is 0.189 e. The number of aromatic nitrogens is 2. The van der Waals surface area contributed by atoms with Crippen molar-refractivity contribution in [3.63, 3.8) is 0 Å². The summed E-state index contributed by atoms with van der Waals surface area (Å²) >= 11 is 0. The fraction of sp³-hybridized carbons (Fsp3) is 0. The molecule has 2 aromatic heterocycles. The lowest BCUT2D eigenvalue weighted by molar-refractivity contribution is 1.18. The van der Waals surface area contributed by atoms with Gasteiger partial charge in [-0.15, -0.1) is 0 Å². The topological polar surface area (TPSA) is 22.2 Å². The summed E-state index contributed by atoms with van der Waals surface area (Å²) in [6, 6.07) is 67.0. The van der Waals surface area contributed by atoms with Crippen LogP contribution in [-0.4, -0.2) is 9.55 Å². The average molecular weight is 698 g/mol. The molecule has 2 heterocycles. The van der Waals surface area contributed by atoms with Crippen LogP contribution in [-0.2, 0) is 0 Å². The van der Waals surface area contributed by atoms with Gasteiger partial charge in [0.05, 0.1) is 23.3 Å². The van der Waals surface area contributed by atoms with Gasteiger partial charge in [-0.1, -0.05) is 133 Å². The van der Waals surface area contributed by atoms with Crippen molar-refractivity contribution in [2.24, 2.45) is 0 Å². The minimum absolute atomic E-state index is 0.639. The zero-order chi connectivity index (χ0) is 36.5. The van der Waals surface area contributed by atoms with Gasteiger partial charge in [-0.05, 0) is 104 Å². The van der Waals surface area contributed by atoms with E-state index in [0.29, 0.717) is 5.69 Å². The van der Waals surface area contributed by atoms with Crippen LogP contribution >= 0.6 is 0 Å². The smallest absolute Gasteiger partial charge is 0.189 e. The number of rotatable bonds is 4. The van der Waals surface area contributed by atoms with Gasteiger partial charge in [-0.25, -0.2) is 9.83 Å². The summed E-state index contributed by atoms with van der Waals surface area (Å²) in [6.45, 7) is 7.63. The lowest BCUT2D eigenvalue weighted by Gasteiger charge is -2.14. The summed E-state index contributed by atoms with van der Waals surface area (Å²) in [7, 11) is 0. The maximum absolute atomic E-state index is 7.63. The Labute approximate surface area is 317 Å². The van der Waals surface area contributed by atoms with Crippen LogP contribution in [0.25, 0.3) is 109 Å². The molecule has 9 aromatic carbocycles. The second-order valence-electron chi connectivity index (χ2n) is 14.3. The summed E-state index contributed by atoms with van der Waals surface area (Å²) in [5, 5.41) is 10.7. The molecule has 0 radical (unpaired) electrons. The molecule has 0 saturated carbocycles. The van der Waals surface area contributed by atoms with Crippen LogP contribution in [0, 0.1) is 6.57 Å². The molecule has 0 aliphatic carbocycles. The van der Waals surface area contributed by atoms with Crippen molar-refractivity contribution in [1.82, 2.24) is 9.55 Å². The zero-order valence-electron chi connectivity index (χ0n) is 29.7. The van der Waals surface area contributed by atoms with Crippen molar-refractivity contribution < 1.29 is 0 Å². The standard InChI is InChI=1S/C52H31N3/c1-53-41-24-25-44-45-29-38(23-27-49(45)55(50(44)32-41)42-13-6-3-7-14-42)34-18-16-33(17-19-34)37-20-21-39-30-46-47(31-40(39)28-37)52(36-11-4-2-5-12-36)54-48-26-22-35-10-8-9-15-43(35)51(46)48/h2-32H. The zero-order valence-corrected chi connectivity index (χ0v) is 29.7. The molecule has 3 heteroatoms. The molecule has 0 fully saturated rings. The number of pyridine rings is 1. The van der Waals surface area contributed by atoms with Crippen molar-refractivity contribution in [3.8, 4) is 39.2 Å². The predicted molar refractivity (Wildman–Crippen MR) is 231 cm³/mol. The van der Waals surface area contributed by atoms with Gasteiger partial charge in [-0.2, -0.15) is 0 Å². The van der Waals surface area contributed by atoms with Crippen LogP contribution in [0.1, 0.15) is 0 Å². The molecule has 254 valence electrons. The summed E-state index contributed by atoms with van der Waals surface area (Å²) in [5.41, 5.74) is 11.7. The van der Waals surface area contributed by atoms with Crippen LogP contribution in [0.2, 0.25) is 0 Å². The summed E-state index contributed by atoms with van der Waals surface area (Å²) < 4.78 is 2.26. The molecule has 55 heavy (non-hydrogen) atoms. The molecule has 0 N–H and O–H groups in total. The number of fused-ring (bicyclic) bond motifs is 9. The summed E-state index contributed by atoms with van der Waals surface area (Å²) in [6.07, 6.45) is 0. The van der Waals surface area contributed by atoms with Crippen molar-refractivity contribution >= 4 is 70.7 Å². The summed E-state index contributed by atoms with van der Waals surface area (Å²) in [5.74, 6) is 0. The lowest BCUT2D eigenvalue weighted by atomic mass is 9.92. The molecule has 0 unspecified atom stereocenters. The Morgan fingerprint density at radius 3 is 1.87 bits per heavy atom. The Bertz CT molecular complexity index is 3350. The molecule has 0 aliphatic rings. The van der Waals surface area contributed by atoms with Gasteiger partial charge in [0.1, 0.15) is 0 Å². The van der Waals surface area contributed by atoms with Gasteiger partial charge in [-0.3, -0.25) is 0 Å². The van der Waals surface area contributed by atoms with E-state index in [-0.39, 0.29) is 0 Å². The highest BCUT2D eigenvalue weighted by atomic mass is 15.0. The Morgan fingerprint density at radius 2 is 1.07 bits per heavy atom.